The van der Waals surface area contributed by atoms with Crippen molar-refractivity contribution in [1.29, 1.82) is 0 Å². The van der Waals surface area contributed by atoms with E-state index in [4.69, 9.17) is 4.99 Å². The van der Waals surface area contributed by atoms with E-state index in [2.05, 4.69) is 209 Å². The quantitative estimate of drug-likeness (QED) is 0.157. The zero-order valence-corrected chi connectivity index (χ0v) is 30.4. The van der Waals surface area contributed by atoms with E-state index in [0.29, 0.717) is 0 Å². The number of hydrogen-bond acceptors (Lipinski definition) is 2. The van der Waals surface area contributed by atoms with E-state index in [0.717, 1.165) is 56.7 Å². The lowest BCUT2D eigenvalue weighted by Gasteiger charge is -2.19. The number of aryl methyl sites for hydroxylation is 1. The smallest absolute Gasteiger partial charge is 0.279 e. The van der Waals surface area contributed by atoms with Crippen LogP contribution in [0.4, 0.5) is 17.1 Å². The van der Waals surface area contributed by atoms with Crippen molar-refractivity contribution in [2.75, 3.05) is 5.32 Å². The van der Waals surface area contributed by atoms with Gasteiger partial charge in [-0.25, -0.2) is 0 Å². The van der Waals surface area contributed by atoms with Crippen LogP contribution in [0.2, 0.25) is 0 Å². The van der Waals surface area contributed by atoms with Crippen molar-refractivity contribution in [3.05, 3.63) is 217 Å². The molecule has 260 valence electrons. The maximum Gasteiger partial charge on any atom is 0.279 e. The number of benzene rings is 8. The largest absolute Gasteiger partial charge is 0.355 e. The molecule has 0 aliphatic carbocycles. The van der Waals surface area contributed by atoms with Gasteiger partial charge in [0.05, 0.1) is 22.2 Å². The average Bonchev–Trinajstić information content (AvgIpc) is 3.55. The number of nitrogens with zero attached hydrogens (tertiary/aromatic N) is 3. The summed E-state index contributed by atoms with van der Waals surface area (Å²) in [6.07, 6.45) is 0. The Hall–Kier alpha value is -7.30. The molecule has 1 aliphatic heterocycles. The third-order valence-corrected chi connectivity index (χ3v) is 10.6. The van der Waals surface area contributed by atoms with E-state index in [-0.39, 0.29) is 0 Å². The van der Waals surface area contributed by atoms with Gasteiger partial charge in [0.25, 0.3) is 11.7 Å². The molecule has 0 atom stereocenters. The highest BCUT2D eigenvalue weighted by atomic mass is 15.2. The van der Waals surface area contributed by atoms with Crippen LogP contribution < -0.4 is 5.32 Å². The molecule has 9 aromatic rings. The van der Waals surface area contributed by atoms with Gasteiger partial charge in [0.2, 0.25) is 0 Å². The zero-order chi connectivity index (χ0) is 36.7. The minimum absolute atomic E-state index is 0.954. The maximum absolute atomic E-state index is 4.97. The lowest BCUT2D eigenvalue weighted by atomic mass is 9.96. The second-order valence-corrected chi connectivity index (χ2v) is 14.0. The Morgan fingerprint density at radius 2 is 1.07 bits per heavy atom. The number of hydrogen-bond donors (Lipinski definition) is 1. The van der Waals surface area contributed by atoms with E-state index in [9.17, 15) is 0 Å². The Morgan fingerprint density at radius 3 is 1.78 bits per heavy atom. The van der Waals surface area contributed by atoms with E-state index >= 15 is 0 Å². The third-order valence-electron chi connectivity index (χ3n) is 10.6. The minimum atomic E-state index is 0.954. The highest BCUT2D eigenvalue weighted by molar-refractivity contribution is 6.16. The summed E-state index contributed by atoms with van der Waals surface area (Å²) in [5, 5.41) is 6.31. The number of aromatic nitrogens is 1. The van der Waals surface area contributed by atoms with Crippen molar-refractivity contribution in [2.45, 2.75) is 6.92 Å². The maximum atomic E-state index is 4.97. The van der Waals surface area contributed by atoms with Crippen molar-refractivity contribution >= 4 is 50.5 Å². The normalized spacial score (nSPS) is 12.5. The second-order valence-electron chi connectivity index (χ2n) is 14.0. The Morgan fingerprint density at radius 1 is 0.473 bits per heavy atom. The first-order valence-electron chi connectivity index (χ1n) is 18.7. The van der Waals surface area contributed by atoms with Crippen molar-refractivity contribution in [1.82, 2.24) is 4.57 Å². The van der Waals surface area contributed by atoms with E-state index in [1.165, 1.54) is 38.5 Å². The van der Waals surface area contributed by atoms with Crippen LogP contribution >= 0.6 is 0 Å². The topological polar surface area (TPSA) is 32.3 Å². The first-order chi connectivity index (χ1) is 27.2. The van der Waals surface area contributed by atoms with Crippen LogP contribution in [0, 0.1) is 6.92 Å². The summed E-state index contributed by atoms with van der Waals surface area (Å²) in [4.78, 5) is 4.97. The first kappa shape index (κ1) is 32.4. The van der Waals surface area contributed by atoms with Gasteiger partial charge in [0, 0.05) is 33.4 Å². The molecule has 10 rings (SSSR count). The molecule has 1 aromatic heterocycles. The van der Waals surface area contributed by atoms with Gasteiger partial charge >= 0.3 is 0 Å². The van der Waals surface area contributed by atoms with Crippen molar-refractivity contribution in [3.63, 3.8) is 0 Å². The van der Waals surface area contributed by atoms with Crippen LogP contribution in [0.5, 0.6) is 0 Å². The highest BCUT2D eigenvalue weighted by Crippen LogP contribution is 2.41. The van der Waals surface area contributed by atoms with Crippen LogP contribution in [-0.4, -0.2) is 20.8 Å². The molecule has 0 fully saturated rings. The summed E-state index contributed by atoms with van der Waals surface area (Å²) >= 11 is 0. The summed E-state index contributed by atoms with van der Waals surface area (Å²) in [6.45, 7) is 2.19. The van der Waals surface area contributed by atoms with Crippen LogP contribution in [0.1, 0.15) is 16.7 Å². The predicted octanol–water partition coefficient (Wildman–Crippen LogP) is 12.7. The van der Waals surface area contributed by atoms with Gasteiger partial charge in [-0.1, -0.05) is 126 Å². The molecule has 0 saturated carbocycles. The predicted molar refractivity (Wildman–Crippen MR) is 230 cm³/mol. The monoisotopic (exact) mass is 705 g/mol. The molecule has 1 aliphatic rings. The number of para-hydroxylation sites is 2. The Balaban J connectivity index is 1.00. The fraction of sp³-hybridized carbons (Fsp3) is 0.0196. The average molecular weight is 706 g/mol. The van der Waals surface area contributed by atoms with Gasteiger partial charge in [-0.15, -0.1) is 0 Å². The number of fused-ring (bicyclic) bond motifs is 3. The molecule has 0 amide bonds. The zero-order valence-electron chi connectivity index (χ0n) is 30.4. The SMILES string of the molecule is Cc1ccccc1-c1cc2c3ccccc3n(-c3ccccc3)c2cc1Nc1ccc(-c2ccc([N+]3=C(c4ccccc4)N=C3c3ccccc3)cc2)cc1. The summed E-state index contributed by atoms with van der Waals surface area (Å²) < 4.78 is 4.63. The Labute approximate surface area is 320 Å². The molecule has 0 unspecified atom stereocenters. The number of nitrogens with one attached hydrogen (secondary N) is 1. The van der Waals surface area contributed by atoms with Crippen LogP contribution in [0.25, 0.3) is 49.7 Å². The minimum Gasteiger partial charge on any atom is -0.355 e. The molecule has 8 aromatic carbocycles. The number of anilines is 2. The highest BCUT2D eigenvalue weighted by Gasteiger charge is 2.32. The van der Waals surface area contributed by atoms with E-state index in [1.807, 2.05) is 12.1 Å². The van der Waals surface area contributed by atoms with Crippen molar-refractivity contribution in [2.24, 2.45) is 4.99 Å². The molecular formula is C51H37N4+. The molecule has 4 heteroatoms. The molecular weight excluding hydrogens is 669 g/mol. The van der Waals surface area contributed by atoms with Gasteiger partial charge < -0.3 is 9.88 Å². The number of rotatable bonds is 8. The fourth-order valence-corrected chi connectivity index (χ4v) is 7.84. The summed E-state index contributed by atoms with van der Waals surface area (Å²) in [6, 6.07) is 71.0. The standard InChI is InChI=1S/C51H37N4/c1-35-15-11-12-22-43(35)45-33-46-44-23-13-14-24-48(44)54(41-20-9-4-10-21-41)49(46)34-47(45)52-40-29-25-36(26-30-40)37-27-31-42(32-28-37)55-50(38-16-5-2-6-17-38)53-51(55)39-18-7-3-8-19-39/h2-34,52H,1H3/q+1. The van der Waals surface area contributed by atoms with E-state index in [1.54, 1.807) is 0 Å². The lowest BCUT2D eigenvalue weighted by Crippen LogP contribution is -2.34. The molecule has 0 spiro atoms. The molecule has 0 saturated heterocycles. The van der Waals surface area contributed by atoms with Gasteiger partial charge in [-0.3, -0.25) is 0 Å². The Bertz CT molecular complexity index is 2900. The van der Waals surface area contributed by atoms with E-state index < -0.39 is 0 Å². The van der Waals surface area contributed by atoms with Gasteiger partial charge in [0.15, 0.2) is 0 Å². The Kier molecular flexibility index (Phi) is 8.00. The van der Waals surface area contributed by atoms with Crippen LogP contribution in [-0.2, 0) is 0 Å². The van der Waals surface area contributed by atoms with Gasteiger partial charge in [-0.05, 0) is 108 Å². The second kappa shape index (κ2) is 13.6. The molecule has 55 heavy (non-hydrogen) atoms. The first-order valence-corrected chi connectivity index (χ1v) is 18.7. The molecule has 0 radical (unpaired) electrons. The van der Waals surface area contributed by atoms with Crippen LogP contribution in [0.3, 0.4) is 0 Å². The molecule has 2 heterocycles. The number of aliphatic imine (C=N–C) groups is 1. The van der Waals surface area contributed by atoms with Gasteiger partial charge in [0.1, 0.15) is 5.69 Å². The summed E-state index contributed by atoms with van der Waals surface area (Å²) in [5.74, 6) is 1.91. The molecule has 0 bridgehead atoms. The third kappa shape index (κ3) is 5.81. The lowest BCUT2D eigenvalue weighted by molar-refractivity contribution is -0.319. The van der Waals surface area contributed by atoms with Gasteiger partial charge in [-0.2, -0.15) is 4.58 Å². The van der Waals surface area contributed by atoms with Crippen molar-refractivity contribution < 1.29 is 4.58 Å². The summed E-state index contributed by atoms with van der Waals surface area (Å²) in [7, 11) is 0. The molecule has 4 nitrogen and oxygen atoms in total. The fourth-order valence-electron chi connectivity index (χ4n) is 7.84. The number of amidine groups is 2. The van der Waals surface area contributed by atoms with Crippen LogP contribution in [0.15, 0.2) is 205 Å². The summed E-state index contributed by atoms with van der Waals surface area (Å²) in [5.41, 5.74) is 14.8. The molecule has 1 N–H and O–H groups in total. The van der Waals surface area contributed by atoms with Crippen molar-refractivity contribution in [3.8, 4) is 27.9 Å².